The van der Waals surface area contributed by atoms with Gasteiger partial charge in [-0.1, -0.05) is 65.0 Å². The Kier molecular flexibility index (Phi) is 10.6. The molecule has 1 aliphatic rings. The average molecular weight is 605 g/mol. The second-order valence-electron chi connectivity index (χ2n) is 11.7. The van der Waals surface area contributed by atoms with Gasteiger partial charge in [-0.2, -0.15) is 4.31 Å². The van der Waals surface area contributed by atoms with Crippen molar-refractivity contribution in [1.82, 2.24) is 14.9 Å². The van der Waals surface area contributed by atoms with Gasteiger partial charge in [0.25, 0.3) is 0 Å². The highest BCUT2D eigenvalue weighted by Gasteiger charge is 2.37. The molecule has 3 atom stereocenters. The number of carbonyl (C=O) groups excluding carboxylic acids is 3. The van der Waals surface area contributed by atoms with Gasteiger partial charge in [0.2, 0.25) is 22.7 Å². The normalized spacial score (nSPS) is 15.2. The molecule has 1 heterocycles. The summed E-state index contributed by atoms with van der Waals surface area (Å²) in [6, 6.07) is 11.3. The first-order valence-electron chi connectivity index (χ1n) is 13.6. The van der Waals surface area contributed by atoms with E-state index in [0.29, 0.717) is 11.5 Å². The van der Waals surface area contributed by atoms with Crippen molar-refractivity contribution in [3.05, 3.63) is 54.1 Å². The lowest BCUT2D eigenvalue weighted by Crippen LogP contribution is -2.60. The molecule has 0 saturated heterocycles. The van der Waals surface area contributed by atoms with E-state index in [4.69, 9.17) is 15.2 Å². The van der Waals surface area contributed by atoms with Crippen LogP contribution in [0, 0.1) is 11.3 Å². The van der Waals surface area contributed by atoms with Crippen molar-refractivity contribution in [3.8, 4) is 11.5 Å². The van der Waals surface area contributed by atoms with Crippen molar-refractivity contribution in [2.45, 2.75) is 64.1 Å². The number of sulfonamides is 1. The maximum absolute atomic E-state index is 13.8. The largest absolute Gasteiger partial charge is 0.454 e. The van der Waals surface area contributed by atoms with Crippen LogP contribution in [0.25, 0.3) is 0 Å². The average Bonchev–Trinajstić information content (AvgIpc) is 3.38. The summed E-state index contributed by atoms with van der Waals surface area (Å²) < 4.78 is 39.4. The minimum atomic E-state index is -4.10. The maximum Gasteiger partial charge on any atom is 0.309 e. The summed E-state index contributed by atoms with van der Waals surface area (Å²) >= 11 is 0. The Bertz CT molecular complexity index is 1380. The predicted octanol–water partition coefficient (Wildman–Crippen LogP) is 1.17. The number of fused-ring (bicyclic) bond motifs is 1. The molecule has 1 aliphatic heterocycles. The van der Waals surface area contributed by atoms with Crippen LogP contribution in [0.1, 0.15) is 40.2 Å². The van der Waals surface area contributed by atoms with Gasteiger partial charge >= 0.3 is 11.8 Å². The summed E-state index contributed by atoms with van der Waals surface area (Å²) in [7, 11) is -4.10. The predicted molar refractivity (Wildman–Crippen MR) is 155 cm³/mol. The summed E-state index contributed by atoms with van der Waals surface area (Å²) in [5, 5.41) is 16.6. The number of ether oxygens (including phenoxy) is 2. The molecule has 3 amide bonds. The fourth-order valence-electron chi connectivity index (χ4n) is 4.50. The SMILES string of the molecule is CC(C)CN(CC(O)C(Cc1ccccc1)NC(=O)C(NC(=O)C(N)=O)C(C)(C)C)S(=O)(=O)c1ccc2c(c1)OCO2. The number of nitrogens with two attached hydrogens (primary N) is 1. The molecule has 0 bridgehead atoms. The van der Waals surface area contributed by atoms with E-state index in [2.05, 4.69) is 10.6 Å². The van der Waals surface area contributed by atoms with Crippen LogP contribution >= 0.6 is 0 Å². The Hall–Kier alpha value is -3.68. The van der Waals surface area contributed by atoms with Crippen LogP contribution in [0.3, 0.4) is 0 Å². The molecule has 42 heavy (non-hydrogen) atoms. The van der Waals surface area contributed by atoms with E-state index in [1.54, 1.807) is 32.9 Å². The van der Waals surface area contributed by atoms with Crippen LogP contribution in [-0.4, -0.2) is 73.6 Å². The number of hydrogen-bond acceptors (Lipinski definition) is 8. The summed E-state index contributed by atoms with van der Waals surface area (Å²) in [5.41, 5.74) is 5.04. The molecular weight excluding hydrogens is 564 g/mol. The summed E-state index contributed by atoms with van der Waals surface area (Å²) in [6.45, 7) is 8.56. The number of nitrogens with one attached hydrogen (secondary N) is 2. The number of hydrogen-bond donors (Lipinski definition) is 4. The van der Waals surface area contributed by atoms with Crippen molar-refractivity contribution in [2.75, 3.05) is 19.9 Å². The molecule has 2 aromatic rings. The van der Waals surface area contributed by atoms with Crippen molar-refractivity contribution in [3.63, 3.8) is 0 Å². The molecule has 0 radical (unpaired) electrons. The third kappa shape index (κ3) is 8.43. The fourth-order valence-corrected chi connectivity index (χ4v) is 6.13. The number of aliphatic hydroxyl groups excluding tert-OH is 1. The zero-order valence-corrected chi connectivity index (χ0v) is 25.3. The summed E-state index contributed by atoms with van der Waals surface area (Å²) in [4.78, 5) is 36.9. The Balaban J connectivity index is 1.92. The number of nitrogens with zero attached hydrogens (tertiary/aromatic N) is 1. The van der Waals surface area contributed by atoms with Gasteiger partial charge in [0.05, 0.1) is 17.0 Å². The van der Waals surface area contributed by atoms with Crippen LogP contribution in [0.4, 0.5) is 0 Å². The van der Waals surface area contributed by atoms with E-state index in [1.165, 1.54) is 22.5 Å². The number of benzene rings is 2. The van der Waals surface area contributed by atoms with Gasteiger partial charge in [0.15, 0.2) is 11.5 Å². The molecule has 2 aromatic carbocycles. The Morgan fingerprint density at radius 1 is 1.00 bits per heavy atom. The second-order valence-corrected chi connectivity index (χ2v) is 13.7. The van der Waals surface area contributed by atoms with E-state index in [-0.39, 0.29) is 37.1 Å². The standard InChI is InChI=1S/C29H40N4O8S/c1-18(2)15-33(42(38,39)20-11-12-23-24(14-20)41-17-40-23)16-22(34)21(13-19-9-7-6-8-10-19)31-27(36)25(29(3,4)5)32-28(37)26(30)35/h6-12,14,18,21-22,25,34H,13,15-17H2,1-5H3,(H2,30,35)(H,31,36)(H,32,37). The first-order chi connectivity index (χ1) is 19.6. The van der Waals surface area contributed by atoms with Crippen LogP contribution in [0.2, 0.25) is 0 Å². The molecule has 3 unspecified atom stereocenters. The topological polar surface area (TPSA) is 177 Å². The Morgan fingerprint density at radius 3 is 2.24 bits per heavy atom. The van der Waals surface area contributed by atoms with Crippen LogP contribution in [-0.2, 0) is 30.8 Å². The number of primary amides is 1. The third-order valence-electron chi connectivity index (χ3n) is 6.66. The number of aliphatic hydroxyl groups is 1. The van der Waals surface area contributed by atoms with E-state index >= 15 is 0 Å². The highest BCUT2D eigenvalue weighted by Crippen LogP contribution is 2.35. The summed E-state index contributed by atoms with van der Waals surface area (Å²) in [6.07, 6.45) is -1.20. The first kappa shape index (κ1) is 32.8. The summed E-state index contributed by atoms with van der Waals surface area (Å²) in [5.74, 6) is -2.36. The van der Waals surface area contributed by atoms with Gasteiger partial charge in [-0.25, -0.2) is 8.42 Å². The molecule has 13 heteroatoms. The third-order valence-corrected chi connectivity index (χ3v) is 8.49. The van der Waals surface area contributed by atoms with Crippen molar-refractivity contribution >= 4 is 27.7 Å². The lowest BCUT2D eigenvalue weighted by molar-refractivity contribution is -0.140. The molecule has 12 nitrogen and oxygen atoms in total. The molecule has 0 saturated carbocycles. The zero-order valence-electron chi connectivity index (χ0n) is 24.5. The van der Waals surface area contributed by atoms with Crippen molar-refractivity contribution in [1.29, 1.82) is 0 Å². The van der Waals surface area contributed by atoms with E-state index < -0.39 is 51.3 Å². The van der Waals surface area contributed by atoms with Crippen LogP contribution in [0.5, 0.6) is 11.5 Å². The lowest BCUT2D eigenvalue weighted by atomic mass is 9.85. The fraction of sp³-hybridized carbons (Fsp3) is 0.483. The molecule has 0 spiro atoms. The van der Waals surface area contributed by atoms with Crippen molar-refractivity contribution in [2.24, 2.45) is 17.1 Å². The minimum absolute atomic E-state index is 0.0103. The van der Waals surface area contributed by atoms with Gasteiger partial charge in [-0.15, -0.1) is 0 Å². The highest BCUT2D eigenvalue weighted by atomic mass is 32.2. The van der Waals surface area contributed by atoms with Crippen molar-refractivity contribution < 1.29 is 37.4 Å². The number of carbonyl (C=O) groups is 3. The number of amides is 3. The second kappa shape index (κ2) is 13.5. The van der Waals surface area contributed by atoms with Gasteiger partial charge in [0, 0.05) is 19.2 Å². The molecule has 230 valence electrons. The molecule has 3 rings (SSSR count). The lowest BCUT2D eigenvalue weighted by Gasteiger charge is -2.34. The van der Waals surface area contributed by atoms with E-state index in [9.17, 15) is 27.9 Å². The molecular formula is C29H40N4O8S. The highest BCUT2D eigenvalue weighted by molar-refractivity contribution is 7.89. The van der Waals surface area contributed by atoms with Crippen LogP contribution < -0.4 is 25.8 Å². The monoisotopic (exact) mass is 604 g/mol. The van der Waals surface area contributed by atoms with Gasteiger partial charge in [-0.05, 0) is 35.4 Å². The minimum Gasteiger partial charge on any atom is -0.454 e. The zero-order chi connectivity index (χ0) is 31.2. The van der Waals surface area contributed by atoms with Crippen LogP contribution in [0.15, 0.2) is 53.4 Å². The Labute approximate surface area is 246 Å². The number of rotatable bonds is 12. The quantitative estimate of drug-likeness (QED) is 0.261. The first-order valence-corrected chi connectivity index (χ1v) is 15.1. The molecule has 0 aromatic heterocycles. The van der Waals surface area contributed by atoms with Gasteiger partial charge in [0.1, 0.15) is 6.04 Å². The molecule has 0 fully saturated rings. The maximum atomic E-state index is 13.8. The van der Waals surface area contributed by atoms with E-state index in [1.807, 2.05) is 32.0 Å². The molecule has 5 N–H and O–H groups in total. The molecule has 0 aliphatic carbocycles. The smallest absolute Gasteiger partial charge is 0.309 e. The van der Waals surface area contributed by atoms with Gasteiger partial charge in [-0.3, -0.25) is 14.4 Å². The van der Waals surface area contributed by atoms with E-state index in [0.717, 1.165) is 5.56 Å². The van der Waals surface area contributed by atoms with Gasteiger partial charge < -0.3 is 30.9 Å². The Morgan fingerprint density at radius 2 is 1.64 bits per heavy atom.